The molecular formula is C7H7BrN4O. The first-order valence-corrected chi connectivity index (χ1v) is 4.79. The average Bonchev–Trinajstić information content (AvgIpc) is 2.53. The third-order valence-electron chi connectivity index (χ3n) is 1.90. The maximum Gasteiger partial charge on any atom is 0.226 e. The topological polar surface area (TPSA) is 77.8 Å². The normalized spacial score (nSPS) is 10.9. The summed E-state index contributed by atoms with van der Waals surface area (Å²) in [5.41, 5.74) is 9.19. The van der Waals surface area contributed by atoms with Crippen LogP contribution >= 0.6 is 15.9 Å². The Labute approximate surface area is 82.4 Å². The second kappa shape index (κ2) is 2.95. The van der Waals surface area contributed by atoms with E-state index in [1.807, 2.05) is 6.92 Å². The predicted molar refractivity (Wildman–Crippen MR) is 51.4 cm³/mol. The van der Waals surface area contributed by atoms with Crippen molar-refractivity contribution >= 4 is 32.8 Å². The largest absolute Gasteiger partial charge is 0.396 e. The minimum Gasteiger partial charge on any atom is -0.396 e. The number of alkyl halides is 1. The first-order chi connectivity index (χ1) is 6.24. The Morgan fingerprint density at radius 3 is 2.92 bits per heavy atom. The van der Waals surface area contributed by atoms with Gasteiger partial charge in [0.25, 0.3) is 0 Å². The highest BCUT2D eigenvalue weighted by molar-refractivity contribution is 9.08. The van der Waals surface area contributed by atoms with E-state index in [0.717, 1.165) is 11.3 Å². The molecule has 0 saturated heterocycles. The van der Waals surface area contributed by atoms with Crippen LogP contribution < -0.4 is 5.73 Å². The average molecular weight is 243 g/mol. The van der Waals surface area contributed by atoms with Gasteiger partial charge in [-0.15, -0.1) is 0 Å². The summed E-state index contributed by atoms with van der Waals surface area (Å²) < 4.78 is 4.54. The number of anilines is 1. The molecule has 68 valence electrons. The summed E-state index contributed by atoms with van der Waals surface area (Å²) in [4.78, 5) is 4.19. The third-order valence-corrected chi connectivity index (χ3v) is 2.46. The van der Waals surface area contributed by atoms with Gasteiger partial charge < -0.3 is 5.73 Å². The number of hydrogen-bond acceptors (Lipinski definition) is 5. The number of hydrogen-bond donors (Lipinski definition) is 1. The smallest absolute Gasteiger partial charge is 0.226 e. The number of aryl methyl sites for hydroxylation is 1. The maximum atomic E-state index is 5.84. The number of fused-ring (bicyclic) bond motifs is 1. The van der Waals surface area contributed by atoms with E-state index in [-0.39, 0.29) is 0 Å². The summed E-state index contributed by atoms with van der Waals surface area (Å²) in [6, 6.07) is 0. The quantitative estimate of drug-likeness (QED) is 0.766. The Kier molecular flexibility index (Phi) is 1.91. The lowest BCUT2D eigenvalue weighted by molar-refractivity contribution is 0.315. The molecule has 0 unspecified atom stereocenters. The van der Waals surface area contributed by atoms with E-state index >= 15 is 0 Å². The molecule has 2 N–H and O–H groups in total. The number of halogens is 1. The lowest BCUT2D eigenvalue weighted by Gasteiger charge is -2.03. The van der Waals surface area contributed by atoms with Crippen LogP contribution in [-0.2, 0) is 5.33 Å². The molecule has 2 rings (SSSR count). The Morgan fingerprint density at radius 2 is 2.23 bits per heavy atom. The van der Waals surface area contributed by atoms with Crippen LogP contribution in [0.3, 0.4) is 0 Å². The van der Waals surface area contributed by atoms with Gasteiger partial charge in [-0.05, 0) is 17.2 Å². The molecule has 2 heterocycles. The zero-order valence-corrected chi connectivity index (χ0v) is 8.50. The second-order valence-corrected chi connectivity index (χ2v) is 3.22. The third kappa shape index (κ3) is 1.17. The van der Waals surface area contributed by atoms with Crippen molar-refractivity contribution in [3.63, 3.8) is 0 Å². The van der Waals surface area contributed by atoms with Gasteiger partial charge >= 0.3 is 0 Å². The SMILES string of the molecule is Cc1nc2nonc2c(N)c1CBr. The lowest BCUT2D eigenvalue weighted by Crippen LogP contribution is -1.99. The Morgan fingerprint density at radius 1 is 1.46 bits per heavy atom. The summed E-state index contributed by atoms with van der Waals surface area (Å²) in [6.45, 7) is 1.88. The molecule has 0 fully saturated rings. The summed E-state index contributed by atoms with van der Waals surface area (Å²) in [7, 11) is 0. The maximum absolute atomic E-state index is 5.84. The van der Waals surface area contributed by atoms with Crippen molar-refractivity contribution in [1.82, 2.24) is 15.3 Å². The van der Waals surface area contributed by atoms with Gasteiger partial charge in [-0.2, -0.15) is 0 Å². The van der Waals surface area contributed by atoms with Crippen LogP contribution in [0.1, 0.15) is 11.3 Å². The van der Waals surface area contributed by atoms with Crippen molar-refractivity contribution < 1.29 is 4.63 Å². The molecule has 0 atom stereocenters. The Bertz CT molecular complexity index is 453. The standard InChI is InChI=1S/C7H7BrN4O/c1-3-4(2-8)5(9)6-7(10-3)12-13-11-6/h2,9H2,1H3. The fourth-order valence-corrected chi connectivity index (χ4v) is 1.87. The van der Waals surface area contributed by atoms with Crippen molar-refractivity contribution in [2.75, 3.05) is 5.73 Å². The van der Waals surface area contributed by atoms with E-state index in [1.54, 1.807) is 0 Å². The number of rotatable bonds is 1. The van der Waals surface area contributed by atoms with E-state index in [1.165, 1.54) is 0 Å². The fraction of sp³-hybridized carbons (Fsp3) is 0.286. The molecule has 0 aromatic carbocycles. The summed E-state index contributed by atoms with van der Waals surface area (Å²) in [6.07, 6.45) is 0. The van der Waals surface area contributed by atoms with Crippen molar-refractivity contribution in [2.24, 2.45) is 0 Å². The van der Waals surface area contributed by atoms with E-state index in [2.05, 4.69) is 35.9 Å². The van der Waals surface area contributed by atoms with E-state index in [0.29, 0.717) is 22.2 Å². The van der Waals surface area contributed by atoms with Crippen molar-refractivity contribution in [1.29, 1.82) is 0 Å². The molecule has 6 heteroatoms. The molecule has 13 heavy (non-hydrogen) atoms. The molecule has 0 amide bonds. The first kappa shape index (κ1) is 8.43. The molecule has 0 aliphatic rings. The van der Waals surface area contributed by atoms with Crippen molar-refractivity contribution in [2.45, 2.75) is 12.3 Å². The highest BCUT2D eigenvalue weighted by atomic mass is 79.9. The molecule has 0 spiro atoms. The van der Waals surface area contributed by atoms with Gasteiger partial charge in [0.2, 0.25) is 5.65 Å². The number of nitrogen functional groups attached to an aromatic ring is 1. The Balaban J connectivity index is 2.85. The van der Waals surface area contributed by atoms with Gasteiger partial charge in [0.1, 0.15) is 0 Å². The molecule has 0 aliphatic heterocycles. The van der Waals surface area contributed by atoms with Gasteiger partial charge in [0, 0.05) is 16.6 Å². The highest BCUT2D eigenvalue weighted by Crippen LogP contribution is 2.24. The number of nitrogens with two attached hydrogens (primary N) is 1. The number of nitrogens with zero attached hydrogens (tertiary/aromatic N) is 3. The number of pyridine rings is 1. The summed E-state index contributed by atoms with van der Waals surface area (Å²) >= 11 is 3.33. The zero-order valence-electron chi connectivity index (χ0n) is 6.91. The van der Waals surface area contributed by atoms with Crippen LogP contribution in [0.5, 0.6) is 0 Å². The molecule has 0 saturated carbocycles. The van der Waals surface area contributed by atoms with Crippen LogP contribution in [0.25, 0.3) is 11.2 Å². The zero-order chi connectivity index (χ0) is 9.42. The van der Waals surface area contributed by atoms with Gasteiger partial charge in [-0.3, -0.25) is 0 Å². The van der Waals surface area contributed by atoms with E-state index in [4.69, 9.17) is 5.73 Å². The van der Waals surface area contributed by atoms with Crippen molar-refractivity contribution in [3.05, 3.63) is 11.3 Å². The summed E-state index contributed by atoms with van der Waals surface area (Å²) in [5.74, 6) is 0. The molecule has 0 aliphatic carbocycles. The number of aromatic nitrogens is 3. The second-order valence-electron chi connectivity index (χ2n) is 2.66. The molecule has 2 aromatic heterocycles. The van der Waals surface area contributed by atoms with Gasteiger partial charge in [0.05, 0.1) is 5.69 Å². The molecule has 0 bridgehead atoms. The fourth-order valence-electron chi connectivity index (χ4n) is 1.16. The lowest BCUT2D eigenvalue weighted by atomic mass is 10.2. The summed E-state index contributed by atoms with van der Waals surface area (Å²) in [5, 5.41) is 7.95. The first-order valence-electron chi connectivity index (χ1n) is 3.67. The molecule has 2 aromatic rings. The minimum atomic E-state index is 0.458. The van der Waals surface area contributed by atoms with Crippen LogP contribution in [0.4, 0.5) is 5.69 Å². The van der Waals surface area contributed by atoms with Crippen LogP contribution in [0.15, 0.2) is 4.63 Å². The highest BCUT2D eigenvalue weighted by Gasteiger charge is 2.12. The monoisotopic (exact) mass is 242 g/mol. The minimum absolute atomic E-state index is 0.458. The van der Waals surface area contributed by atoms with E-state index in [9.17, 15) is 0 Å². The van der Waals surface area contributed by atoms with Crippen LogP contribution in [0.2, 0.25) is 0 Å². The van der Waals surface area contributed by atoms with Crippen molar-refractivity contribution in [3.8, 4) is 0 Å². The molecule has 5 nitrogen and oxygen atoms in total. The van der Waals surface area contributed by atoms with Gasteiger partial charge in [0.15, 0.2) is 5.52 Å². The van der Waals surface area contributed by atoms with Gasteiger partial charge in [-0.1, -0.05) is 15.9 Å². The van der Waals surface area contributed by atoms with E-state index < -0.39 is 0 Å². The molecular weight excluding hydrogens is 236 g/mol. The Hall–Kier alpha value is -1.17. The predicted octanol–water partition coefficient (Wildman–Crippen LogP) is 1.40. The van der Waals surface area contributed by atoms with Crippen LogP contribution in [-0.4, -0.2) is 15.3 Å². The van der Waals surface area contributed by atoms with Gasteiger partial charge in [-0.25, -0.2) is 9.61 Å². The van der Waals surface area contributed by atoms with Crippen LogP contribution in [0, 0.1) is 6.92 Å². The molecule has 0 radical (unpaired) electrons.